The average Bonchev–Trinajstić information content (AvgIpc) is 2.81. The van der Waals surface area contributed by atoms with Crippen molar-refractivity contribution in [1.82, 2.24) is 0 Å². The fourth-order valence-electron chi connectivity index (χ4n) is 1.89. The molecule has 0 saturated heterocycles. The van der Waals surface area contributed by atoms with Crippen molar-refractivity contribution >= 4 is 23.1 Å². The van der Waals surface area contributed by atoms with E-state index in [1.165, 1.54) is 13.2 Å². The first-order chi connectivity index (χ1) is 7.72. The van der Waals surface area contributed by atoms with E-state index in [1.54, 1.807) is 11.3 Å². The predicted octanol–water partition coefficient (Wildman–Crippen LogP) is 2.29. The molecule has 84 valence electrons. The molecule has 4 heteroatoms. The van der Waals surface area contributed by atoms with Gasteiger partial charge in [0.25, 0.3) is 0 Å². The highest BCUT2D eigenvalue weighted by molar-refractivity contribution is 7.10. The molecule has 0 aromatic carbocycles. The van der Waals surface area contributed by atoms with Gasteiger partial charge in [-0.2, -0.15) is 0 Å². The van der Waals surface area contributed by atoms with Crippen LogP contribution >= 0.6 is 11.3 Å². The minimum atomic E-state index is -0.397. The van der Waals surface area contributed by atoms with Crippen LogP contribution in [0.4, 0.5) is 0 Å². The molecule has 0 fully saturated rings. The molecule has 0 radical (unpaired) electrons. The molecule has 1 atom stereocenters. The van der Waals surface area contributed by atoms with Crippen LogP contribution in [0, 0.1) is 0 Å². The van der Waals surface area contributed by atoms with Crippen molar-refractivity contribution in [3.63, 3.8) is 0 Å². The van der Waals surface area contributed by atoms with E-state index in [0.717, 1.165) is 4.88 Å². The molecule has 1 aliphatic rings. The second kappa shape index (κ2) is 4.61. The summed E-state index contributed by atoms with van der Waals surface area (Å²) in [7, 11) is 1.34. The number of hydrogen-bond donors (Lipinski definition) is 0. The summed E-state index contributed by atoms with van der Waals surface area (Å²) >= 11 is 1.60. The Morgan fingerprint density at radius 3 is 3.00 bits per heavy atom. The molecule has 2 rings (SSSR count). The topological polar surface area (TPSA) is 43.4 Å². The van der Waals surface area contributed by atoms with Crippen LogP contribution < -0.4 is 0 Å². The Morgan fingerprint density at radius 2 is 2.38 bits per heavy atom. The molecule has 1 heterocycles. The van der Waals surface area contributed by atoms with Gasteiger partial charge in [0.1, 0.15) is 0 Å². The maximum Gasteiger partial charge on any atom is 0.334 e. The molecule has 1 aliphatic carbocycles. The van der Waals surface area contributed by atoms with Crippen molar-refractivity contribution in [2.75, 3.05) is 7.11 Å². The molecule has 3 nitrogen and oxygen atoms in total. The summed E-state index contributed by atoms with van der Waals surface area (Å²) in [6.07, 6.45) is 2.63. The van der Waals surface area contributed by atoms with Crippen molar-refractivity contribution in [2.45, 2.75) is 18.8 Å². The summed E-state index contributed by atoms with van der Waals surface area (Å²) in [5.41, 5.74) is 0.487. The Balaban J connectivity index is 2.34. The molecule has 0 saturated carbocycles. The van der Waals surface area contributed by atoms with Gasteiger partial charge < -0.3 is 4.74 Å². The summed E-state index contributed by atoms with van der Waals surface area (Å²) in [6, 6.07) is 3.94. The summed E-state index contributed by atoms with van der Waals surface area (Å²) < 4.78 is 4.71. The lowest BCUT2D eigenvalue weighted by molar-refractivity contribution is -0.137. The normalized spacial score (nSPS) is 20.4. The minimum Gasteiger partial charge on any atom is -0.466 e. The molecular weight excluding hydrogens is 224 g/mol. The molecule has 0 N–H and O–H groups in total. The molecule has 0 amide bonds. The Bertz CT molecular complexity index is 431. The highest BCUT2D eigenvalue weighted by Crippen LogP contribution is 2.35. The van der Waals surface area contributed by atoms with Gasteiger partial charge in [-0.3, -0.25) is 4.79 Å². The third-order valence-electron chi connectivity index (χ3n) is 2.68. The van der Waals surface area contributed by atoms with Gasteiger partial charge in [0.05, 0.1) is 7.11 Å². The predicted molar refractivity (Wildman–Crippen MR) is 61.4 cm³/mol. The zero-order valence-electron chi connectivity index (χ0n) is 8.93. The number of rotatable bonds is 2. The van der Waals surface area contributed by atoms with Gasteiger partial charge in [0.2, 0.25) is 0 Å². The van der Waals surface area contributed by atoms with Gasteiger partial charge in [-0.05, 0) is 23.9 Å². The minimum absolute atomic E-state index is 0.00760. The maximum absolute atomic E-state index is 11.6. The molecular formula is C12H12O3S. The first kappa shape index (κ1) is 11.1. The molecule has 1 aromatic heterocycles. The van der Waals surface area contributed by atoms with E-state index in [-0.39, 0.29) is 11.7 Å². The SMILES string of the molecule is COC(=O)C1=CC(=O)CCC1c1cccs1. The Hall–Kier alpha value is -1.42. The maximum atomic E-state index is 11.6. The Labute approximate surface area is 97.7 Å². The van der Waals surface area contributed by atoms with Gasteiger partial charge in [-0.25, -0.2) is 4.79 Å². The van der Waals surface area contributed by atoms with Gasteiger partial charge in [0, 0.05) is 22.8 Å². The average molecular weight is 236 g/mol. The fraction of sp³-hybridized carbons (Fsp3) is 0.333. The lowest BCUT2D eigenvalue weighted by atomic mass is 9.86. The highest BCUT2D eigenvalue weighted by atomic mass is 32.1. The van der Waals surface area contributed by atoms with Gasteiger partial charge in [0.15, 0.2) is 5.78 Å². The van der Waals surface area contributed by atoms with Crippen molar-refractivity contribution in [3.05, 3.63) is 34.0 Å². The summed E-state index contributed by atoms with van der Waals surface area (Å²) in [4.78, 5) is 24.0. The van der Waals surface area contributed by atoms with Crippen LogP contribution in [0.1, 0.15) is 23.6 Å². The van der Waals surface area contributed by atoms with Gasteiger partial charge >= 0.3 is 5.97 Å². The number of carbonyl (C=O) groups excluding carboxylic acids is 2. The number of allylic oxidation sites excluding steroid dienone is 1. The second-order valence-electron chi connectivity index (χ2n) is 3.66. The van der Waals surface area contributed by atoms with Crippen LogP contribution in [0.25, 0.3) is 0 Å². The van der Waals surface area contributed by atoms with Crippen molar-refractivity contribution in [1.29, 1.82) is 0 Å². The Morgan fingerprint density at radius 1 is 1.56 bits per heavy atom. The molecule has 1 unspecified atom stereocenters. The lowest BCUT2D eigenvalue weighted by Gasteiger charge is -2.20. The lowest BCUT2D eigenvalue weighted by Crippen LogP contribution is -2.19. The van der Waals surface area contributed by atoms with E-state index in [4.69, 9.17) is 4.74 Å². The zero-order valence-corrected chi connectivity index (χ0v) is 9.75. The van der Waals surface area contributed by atoms with Crippen LogP contribution in [-0.2, 0) is 14.3 Å². The molecule has 0 aliphatic heterocycles. The number of carbonyl (C=O) groups is 2. The number of thiophene rings is 1. The standard InChI is InChI=1S/C12H12O3S/c1-15-12(14)10-7-8(13)4-5-9(10)11-3-2-6-16-11/h2-3,6-7,9H,4-5H2,1H3. The monoisotopic (exact) mass is 236 g/mol. The van der Waals surface area contributed by atoms with E-state index in [2.05, 4.69) is 0 Å². The van der Waals surface area contributed by atoms with Gasteiger partial charge in [-0.15, -0.1) is 11.3 Å². The van der Waals surface area contributed by atoms with Crippen LogP contribution in [0.2, 0.25) is 0 Å². The molecule has 1 aromatic rings. The van der Waals surface area contributed by atoms with Crippen LogP contribution in [0.3, 0.4) is 0 Å². The van der Waals surface area contributed by atoms with Crippen LogP contribution in [-0.4, -0.2) is 18.9 Å². The van der Waals surface area contributed by atoms with E-state index in [0.29, 0.717) is 18.4 Å². The summed E-state index contributed by atoms with van der Waals surface area (Å²) in [5.74, 6) is -0.371. The van der Waals surface area contributed by atoms with E-state index < -0.39 is 5.97 Å². The summed E-state index contributed by atoms with van der Waals surface area (Å²) in [6.45, 7) is 0. The van der Waals surface area contributed by atoms with Crippen molar-refractivity contribution < 1.29 is 14.3 Å². The Kier molecular flexibility index (Phi) is 3.19. The molecule has 0 spiro atoms. The largest absolute Gasteiger partial charge is 0.466 e. The second-order valence-corrected chi connectivity index (χ2v) is 4.64. The van der Waals surface area contributed by atoms with E-state index >= 15 is 0 Å². The quantitative estimate of drug-likeness (QED) is 0.740. The van der Waals surface area contributed by atoms with Crippen molar-refractivity contribution in [2.24, 2.45) is 0 Å². The molecule has 16 heavy (non-hydrogen) atoms. The highest BCUT2D eigenvalue weighted by Gasteiger charge is 2.28. The van der Waals surface area contributed by atoms with E-state index in [9.17, 15) is 9.59 Å². The fourth-order valence-corrected chi connectivity index (χ4v) is 2.77. The van der Waals surface area contributed by atoms with Crippen molar-refractivity contribution in [3.8, 4) is 0 Å². The number of ketones is 1. The summed E-state index contributed by atoms with van der Waals surface area (Å²) in [5, 5.41) is 1.97. The van der Waals surface area contributed by atoms with E-state index in [1.807, 2.05) is 17.5 Å². The third kappa shape index (κ3) is 2.07. The first-order valence-corrected chi connectivity index (χ1v) is 5.96. The van der Waals surface area contributed by atoms with Crippen LogP contribution in [0.15, 0.2) is 29.2 Å². The number of ether oxygens (including phenoxy) is 1. The molecule has 0 bridgehead atoms. The zero-order chi connectivity index (χ0) is 11.5. The van der Waals surface area contributed by atoms with Crippen LogP contribution in [0.5, 0.6) is 0 Å². The number of hydrogen-bond acceptors (Lipinski definition) is 4. The van der Waals surface area contributed by atoms with Gasteiger partial charge in [-0.1, -0.05) is 6.07 Å². The third-order valence-corrected chi connectivity index (χ3v) is 3.67. The smallest absolute Gasteiger partial charge is 0.334 e. The first-order valence-electron chi connectivity index (χ1n) is 5.08. The number of esters is 1. The number of methoxy groups -OCH3 is 1.